The first kappa shape index (κ1) is 11.2. The van der Waals surface area contributed by atoms with E-state index in [2.05, 4.69) is 9.72 Å². The predicted octanol–water partition coefficient (Wildman–Crippen LogP) is 0.681. The fraction of sp³-hybridized carbons (Fsp3) is 0.250. The third kappa shape index (κ3) is 1.95. The number of halogens is 2. The molecule has 15 heavy (non-hydrogen) atoms. The number of alkyl halides is 2. The van der Waals surface area contributed by atoms with Crippen LogP contribution in [0.15, 0.2) is 11.0 Å². The molecule has 0 unspecified atom stereocenters. The Labute approximate surface area is 82.9 Å². The second kappa shape index (κ2) is 4.07. The Morgan fingerprint density at radius 1 is 1.60 bits per heavy atom. The molecule has 1 aromatic rings. The van der Waals surface area contributed by atoms with Crippen molar-refractivity contribution in [1.29, 1.82) is 0 Å². The molecule has 82 valence electrons. The number of nitrogens with one attached hydrogen (secondary N) is 1. The number of esters is 1. The topological polar surface area (TPSA) is 85.2 Å². The van der Waals surface area contributed by atoms with E-state index in [-0.39, 0.29) is 5.69 Å². The molecule has 1 rings (SSSR count). The number of pyridine rings is 1. The highest BCUT2D eigenvalue weighted by atomic mass is 19.3. The zero-order valence-electron chi connectivity index (χ0n) is 7.71. The minimum absolute atomic E-state index is 0.377. The SMILES string of the molecule is COC(=O)c1[nH]cc(N)c(=O)c1C(F)F. The van der Waals surface area contributed by atoms with Gasteiger partial charge in [-0.25, -0.2) is 13.6 Å². The normalized spacial score (nSPS) is 10.4. The molecule has 1 heterocycles. The van der Waals surface area contributed by atoms with Crippen LogP contribution in [0.2, 0.25) is 0 Å². The monoisotopic (exact) mass is 218 g/mol. The van der Waals surface area contributed by atoms with Crippen molar-refractivity contribution in [3.05, 3.63) is 27.7 Å². The summed E-state index contributed by atoms with van der Waals surface area (Å²) in [5.74, 6) is -1.04. The molecule has 0 amide bonds. The molecular formula is C8H8F2N2O3. The van der Waals surface area contributed by atoms with Crippen LogP contribution in [0, 0.1) is 0 Å². The van der Waals surface area contributed by atoms with Crippen molar-refractivity contribution in [2.75, 3.05) is 12.8 Å². The van der Waals surface area contributed by atoms with E-state index in [9.17, 15) is 18.4 Å². The predicted molar refractivity (Wildman–Crippen MR) is 47.8 cm³/mol. The number of nitrogen functional groups attached to an aromatic ring is 1. The van der Waals surface area contributed by atoms with Gasteiger partial charge in [0.05, 0.1) is 18.4 Å². The van der Waals surface area contributed by atoms with Crippen molar-refractivity contribution in [3.63, 3.8) is 0 Å². The molecule has 1 aromatic heterocycles. The lowest BCUT2D eigenvalue weighted by Crippen LogP contribution is -2.21. The number of aromatic nitrogens is 1. The molecule has 7 heteroatoms. The Morgan fingerprint density at radius 3 is 2.67 bits per heavy atom. The van der Waals surface area contributed by atoms with Gasteiger partial charge < -0.3 is 15.5 Å². The number of rotatable bonds is 2. The van der Waals surface area contributed by atoms with Crippen LogP contribution in [-0.4, -0.2) is 18.1 Å². The molecule has 0 saturated carbocycles. The number of aromatic amines is 1. The smallest absolute Gasteiger partial charge is 0.355 e. The average Bonchev–Trinajstić information content (AvgIpc) is 2.20. The third-order valence-corrected chi connectivity index (χ3v) is 1.76. The molecule has 0 spiro atoms. The fourth-order valence-corrected chi connectivity index (χ4v) is 1.04. The maximum Gasteiger partial charge on any atom is 0.355 e. The van der Waals surface area contributed by atoms with E-state index in [0.717, 1.165) is 13.3 Å². The number of hydrogen-bond donors (Lipinski definition) is 2. The highest BCUT2D eigenvalue weighted by molar-refractivity contribution is 5.89. The van der Waals surface area contributed by atoms with Crippen LogP contribution in [0.1, 0.15) is 22.5 Å². The number of carbonyl (C=O) groups is 1. The van der Waals surface area contributed by atoms with Crippen LogP contribution in [-0.2, 0) is 4.74 Å². The van der Waals surface area contributed by atoms with Gasteiger partial charge in [-0.2, -0.15) is 0 Å². The Bertz CT molecular complexity index is 442. The van der Waals surface area contributed by atoms with Crippen LogP contribution in [0.3, 0.4) is 0 Å². The van der Waals surface area contributed by atoms with Gasteiger partial charge in [0.1, 0.15) is 5.69 Å². The largest absolute Gasteiger partial charge is 0.464 e. The molecule has 0 fully saturated rings. The zero-order valence-corrected chi connectivity index (χ0v) is 7.71. The number of ether oxygens (including phenoxy) is 1. The highest BCUT2D eigenvalue weighted by Gasteiger charge is 2.24. The van der Waals surface area contributed by atoms with Crippen molar-refractivity contribution >= 4 is 11.7 Å². The lowest BCUT2D eigenvalue weighted by Gasteiger charge is -2.06. The Kier molecular flexibility index (Phi) is 3.03. The lowest BCUT2D eigenvalue weighted by molar-refractivity contribution is 0.0581. The zero-order chi connectivity index (χ0) is 11.6. The van der Waals surface area contributed by atoms with E-state index in [4.69, 9.17) is 5.73 Å². The maximum absolute atomic E-state index is 12.5. The van der Waals surface area contributed by atoms with E-state index in [1.807, 2.05) is 0 Å². The lowest BCUT2D eigenvalue weighted by atomic mass is 10.2. The van der Waals surface area contributed by atoms with Gasteiger partial charge in [0.15, 0.2) is 0 Å². The molecular weight excluding hydrogens is 210 g/mol. The second-order valence-electron chi connectivity index (χ2n) is 2.65. The Morgan fingerprint density at radius 2 is 2.20 bits per heavy atom. The van der Waals surface area contributed by atoms with Crippen molar-refractivity contribution in [3.8, 4) is 0 Å². The van der Waals surface area contributed by atoms with E-state index in [1.165, 1.54) is 0 Å². The van der Waals surface area contributed by atoms with Gasteiger partial charge in [0.2, 0.25) is 5.43 Å². The standard InChI is InChI=1S/C8H8F2N2O3/c1-15-8(14)5-4(7(9)10)6(13)3(11)2-12-5/h2,7H,11H2,1H3,(H,12,13). The molecule has 3 N–H and O–H groups in total. The van der Waals surface area contributed by atoms with E-state index in [0.29, 0.717) is 0 Å². The summed E-state index contributed by atoms with van der Waals surface area (Å²) in [6.07, 6.45) is -2.12. The van der Waals surface area contributed by atoms with Crippen molar-refractivity contribution < 1.29 is 18.3 Å². The Hall–Kier alpha value is -1.92. The second-order valence-corrected chi connectivity index (χ2v) is 2.65. The Balaban J connectivity index is 3.47. The summed E-state index contributed by atoms with van der Waals surface area (Å²) >= 11 is 0. The summed E-state index contributed by atoms with van der Waals surface area (Å²) in [6.45, 7) is 0. The van der Waals surface area contributed by atoms with Crippen LogP contribution < -0.4 is 11.2 Å². The van der Waals surface area contributed by atoms with Gasteiger partial charge in [0.25, 0.3) is 6.43 Å². The van der Waals surface area contributed by atoms with E-state index in [1.54, 1.807) is 0 Å². The van der Waals surface area contributed by atoms with Crippen LogP contribution >= 0.6 is 0 Å². The minimum atomic E-state index is -3.09. The molecule has 0 atom stereocenters. The number of nitrogens with two attached hydrogens (primary N) is 1. The van der Waals surface area contributed by atoms with Crippen LogP contribution in [0.4, 0.5) is 14.5 Å². The highest BCUT2D eigenvalue weighted by Crippen LogP contribution is 2.19. The molecule has 0 aliphatic carbocycles. The first-order valence-corrected chi connectivity index (χ1v) is 3.86. The van der Waals surface area contributed by atoms with E-state index < -0.39 is 29.1 Å². The molecule has 0 aliphatic rings. The van der Waals surface area contributed by atoms with Gasteiger partial charge in [-0.05, 0) is 0 Å². The maximum atomic E-state index is 12.5. The first-order valence-electron chi connectivity index (χ1n) is 3.86. The van der Waals surface area contributed by atoms with Gasteiger partial charge >= 0.3 is 5.97 Å². The molecule has 5 nitrogen and oxygen atoms in total. The summed E-state index contributed by atoms with van der Waals surface area (Å²) in [6, 6.07) is 0. The van der Waals surface area contributed by atoms with Gasteiger partial charge in [0, 0.05) is 6.20 Å². The molecule has 0 saturated heterocycles. The molecule has 0 aliphatic heterocycles. The number of methoxy groups -OCH3 is 1. The van der Waals surface area contributed by atoms with Gasteiger partial charge in [-0.1, -0.05) is 0 Å². The summed E-state index contributed by atoms with van der Waals surface area (Å²) in [7, 11) is 1.02. The van der Waals surface area contributed by atoms with Gasteiger partial charge in [-0.3, -0.25) is 4.79 Å². The van der Waals surface area contributed by atoms with Crippen molar-refractivity contribution in [2.45, 2.75) is 6.43 Å². The van der Waals surface area contributed by atoms with Crippen molar-refractivity contribution in [1.82, 2.24) is 4.98 Å². The number of carbonyl (C=O) groups excluding carboxylic acids is 1. The summed E-state index contributed by atoms with van der Waals surface area (Å²) < 4.78 is 29.2. The van der Waals surface area contributed by atoms with Crippen LogP contribution in [0.5, 0.6) is 0 Å². The molecule has 0 radical (unpaired) electrons. The average molecular weight is 218 g/mol. The minimum Gasteiger partial charge on any atom is -0.464 e. The molecule has 0 bridgehead atoms. The van der Waals surface area contributed by atoms with Gasteiger partial charge in [-0.15, -0.1) is 0 Å². The fourth-order valence-electron chi connectivity index (χ4n) is 1.04. The van der Waals surface area contributed by atoms with Crippen LogP contribution in [0.25, 0.3) is 0 Å². The van der Waals surface area contributed by atoms with Crippen molar-refractivity contribution in [2.24, 2.45) is 0 Å². The summed E-state index contributed by atoms with van der Waals surface area (Å²) in [5, 5.41) is 0. The van der Waals surface area contributed by atoms with E-state index >= 15 is 0 Å². The number of hydrogen-bond acceptors (Lipinski definition) is 4. The number of H-pyrrole nitrogens is 1. The summed E-state index contributed by atoms with van der Waals surface area (Å²) in [5.41, 5.74) is 2.15. The third-order valence-electron chi connectivity index (χ3n) is 1.76. The number of anilines is 1. The first-order chi connectivity index (χ1) is 6.99. The quantitative estimate of drug-likeness (QED) is 0.715. The summed E-state index contributed by atoms with van der Waals surface area (Å²) in [4.78, 5) is 24.5. The molecule has 0 aromatic carbocycles.